The van der Waals surface area contributed by atoms with Gasteiger partial charge in [0, 0.05) is 23.1 Å². The summed E-state index contributed by atoms with van der Waals surface area (Å²) in [5, 5.41) is 11.1. The molecule has 0 fully saturated rings. The quantitative estimate of drug-likeness (QED) is 0.734. The van der Waals surface area contributed by atoms with Gasteiger partial charge in [-0.05, 0) is 6.07 Å². The van der Waals surface area contributed by atoms with Crippen molar-refractivity contribution in [3.05, 3.63) is 60.2 Å². The number of phenols is 1. The minimum Gasteiger partial charge on any atom is -0.505 e. The standard InChI is InChI=1S/C16H14N2O/c17-10-13-7-6-12-8-9-14(18-15(12)16(13)19)11-4-2-1-3-5-11/h1-9,19H,10,17H2. The Morgan fingerprint density at radius 2 is 1.68 bits per heavy atom. The molecule has 1 heterocycles. The Morgan fingerprint density at radius 1 is 0.947 bits per heavy atom. The summed E-state index contributed by atoms with van der Waals surface area (Å²) >= 11 is 0. The van der Waals surface area contributed by atoms with Crippen LogP contribution in [0.25, 0.3) is 22.2 Å². The summed E-state index contributed by atoms with van der Waals surface area (Å²) < 4.78 is 0. The minimum absolute atomic E-state index is 0.179. The highest BCUT2D eigenvalue weighted by molar-refractivity contribution is 5.87. The van der Waals surface area contributed by atoms with Gasteiger partial charge in [0.1, 0.15) is 11.3 Å². The molecule has 3 rings (SSSR count). The Bertz CT molecular complexity index is 723. The second-order valence-corrected chi connectivity index (χ2v) is 4.41. The number of aromatic hydroxyl groups is 1. The lowest BCUT2D eigenvalue weighted by Crippen LogP contribution is -1.97. The monoisotopic (exact) mass is 250 g/mol. The lowest BCUT2D eigenvalue weighted by Gasteiger charge is -2.07. The number of hydrogen-bond acceptors (Lipinski definition) is 3. The molecule has 0 saturated carbocycles. The molecule has 2 aromatic carbocycles. The molecule has 3 N–H and O–H groups in total. The number of nitrogens with two attached hydrogens (primary N) is 1. The number of rotatable bonds is 2. The molecular formula is C16H14N2O. The highest BCUT2D eigenvalue weighted by Gasteiger charge is 2.08. The zero-order chi connectivity index (χ0) is 13.2. The smallest absolute Gasteiger partial charge is 0.146 e. The number of aromatic nitrogens is 1. The van der Waals surface area contributed by atoms with Gasteiger partial charge >= 0.3 is 0 Å². The first-order chi connectivity index (χ1) is 9.29. The van der Waals surface area contributed by atoms with E-state index in [1.54, 1.807) is 0 Å². The van der Waals surface area contributed by atoms with Crippen LogP contribution in [-0.4, -0.2) is 10.1 Å². The summed E-state index contributed by atoms with van der Waals surface area (Å²) in [4.78, 5) is 4.55. The molecule has 3 aromatic rings. The number of nitrogens with zero attached hydrogens (tertiary/aromatic N) is 1. The van der Waals surface area contributed by atoms with Crippen molar-refractivity contribution in [1.82, 2.24) is 4.98 Å². The molecule has 0 bridgehead atoms. The van der Waals surface area contributed by atoms with Crippen molar-refractivity contribution < 1.29 is 5.11 Å². The van der Waals surface area contributed by atoms with Crippen LogP contribution in [0.15, 0.2) is 54.6 Å². The average molecular weight is 250 g/mol. The lowest BCUT2D eigenvalue weighted by atomic mass is 10.1. The van der Waals surface area contributed by atoms with Crippen molar-refractivity contribution in [3.8, 4) is 17.0 Å². The third kappa shape index (κ3) is 2.04. The van der Waals surface area contributed by atoms with Gasteiger partial charge in [-0.25, -0.2) is 4.98 Å². The topological polar surface area (TPSA) is 59.1 Å². The fraction of sp³-hybridized carbons (Fsp3) is 0.0625. The first-order valence-electron chi connectivity index (χ1n) is 6.16. The first-order valence-corrected chi connectivity index (χ1v) is 6.16. The molecule has 94 valence electrons. The van der Waals surface area contributed by atoms with E-state index >= 15 is 0 Å². The zero-order valence-corrected chi connectivity index (χ0v) is 10.4. The highest BCUT2D eigenvalue weighted by Crippen LogP contribution is 2.29. The van der Waals surface area contributed by atoms with Crippen LogP contribution >= 0.6 is 0 Å². The second-order valence-electron chi connectivity index (χ2n) is 4.41. The molecule has 0 spiro atoms. The highest BCUT2D eigenvalue weighted by atomic mass is 16.3. The molecule has 0 radical (unpaired) electrons. The van der Waals surface area contributed by atoms with Crippen LogP contribution in [0.4, 0.5) is 0 Å². The van der Waals surface area contributed by atoms with Crippen molar-refractivity contribution in [2.45, 2.75) is 6.54 Å². The molecule has 0 atom stereocenters. The van der Waals surface area contributed by atoms with Gasteiger partial charge in [0.05, 0.1) is 5.69 Å². The van der Waals surface area contributed by atoms with Gasteiger partial charge in [0.15, 0.2) is 0 Å². The maximum Gasteiger partial charge on any atom is 0.146 e. The third-order valence-corrected chi connectivity index (χ3v) is 3.21. The molecule has 0 aliphatic rings. The lowest BCUT2D eigenvalue weighted by molar-refractivity contribution is 0.473. The normalized spacial score (nSPS) is 10.8. The Kier molecular flexibility index (Phi) is 2.89. The fourth-order valence-electron chi connectivity index (χ4n) is 2.15. The van der Waals surface area contributed by atoms with Crippen LogP contribution in [0.3, 0.4) is 0 Å². The van der Waals surface area contributed by atoms with Crippen LogP contribution in [0.1, 0.15) is 5.56 Å². The van der Waals surface area contributed by atoms with Gasteiger partial charge in [0.2, 0.25) is 0 Å². The van der Waals surface area contributed by atoms with Crippen molar-refractivity contribution in [1.29, 1.82) is 0 Å². The SMILES string of the molecule is NCc1ccc2ccc(-c3ccccc3)nc2c1O. The third-order valence-electron chi connectivity index (χ3n) is 3.21. The van der Waals surface area contributed by atoms with E-state index < -0.39 is 0 Å². The van der Waals surface area contributed by atoms with Gasteiger partial charge in [-0.1, -0.05) is 48.5 Å². The van der Waals surface area contributed by atoms with Crippen LogP contribution in [0.5, 0.6) is 5.75 Å². The van der Waals surface area contributed by atoms with E-state index in [0.717, 1.165) is 16.6 Å². The maximum absolute atomic E-state index is 10.2. The summed E-state index contributed by atoms with van der Waals surface area (Å²) in [6.45, 7) is 0.305. The van der Waals surface area contributed by atoms with E-state index in [2.05, 4.69) is 4.98 Å². The molecule has 0 amide bonds. The molecule has 3 heteroatoms. The number of fused-ring (bicyclic) bond motifs is 1. The molecule has 0 unspecified atom stereocenters. The summed E-state index contributed by atoms with van der Waals surface area (Å²) in [7, 11) is 0. The van der Waals surface area contributed by atoms with E-state index in [4.69, 9.17) is 5.73 Å². The molecule has 0 aliphatic carbocycles. The molecular weight excluding hydrogens is 236 g/mol. The van der Waals surface area contributed by atoms with Crippen LogP contribution in [0, 0.1) is 0 Å². The van der Waals surface area contributed by atoms with Gasteiger partial charge in [-0.2, -0.15) is 0 Å². The van der Waals surface area contributed by atoms with Crippen LogP contribution in [-0.2, 0) is 6.54 Å². The fourth-order valence-corrected chi connectivity index (χ4v) is 2.15. The Balaban J connectivity index is 2.22. The van der Waals surface area contributed by atoms with E-state index in [0.29, 0.717) is 17.6 Å². The Hall–Kier alpha value is -2.39. The van der Waals surface area contributed by atoms with Crippen LogP contribution in [0.2, 0.25) is 0 Å². The molecule has 0 saturated heterocycles. The zero-order valence-electron chi connectivity index (χ0n) is 10.4. The van der Waals surface area contributed by atoms with Crippen molar-refractivity contribution >= 4 is 10.9 Å². The van der Waals surface area contributed by atoms with Crippen molar-refractivity contribution in [2.24, 2.45) is 5.73 Å². The molecule has 0 aliphatic heterocycles. The van der Waals surface area contributed by atoms with E-state index in [-0.39, 0.29) is 5.75 Å². The van der Waals surface area contributed by atoms with Crippen molar-refractivity contribution in [3.63, 3.8) is 0 Å². The predicted molar refractivity (Wildman–Crippen MR) is 76.7 cm³/mol. The molecule has 3 nitrogen and oxygen atoms in total. The van der Waals surface area contributed by atoms with Crippen molar-refractivity contribution in [2.75, 3.05) is 0 Å². The largest absolute Gasteiger partial charge is 0.505 e. The summed E-state index contributed by atoms with van der Waals surface area (Å²) in [5.41, 5.74) is 8.79. The summed E-state index contributed by atoms with van der Waals surface area (Å²) in [6, 6.07) is 17.6. The Labute approximate surface area is 111 Å². The van der Waals surface area contributed by atoms with Gasteiger partial charge in [0.25, 0.3) is 0 Å². The van der Waals surface area contributed by atoms with E-state index in [9.17, 15) is 5.11 Å². The maximum atomic E-state index is 10.2. The van der Waals surface area contributed by atoms with Gasteiger partial charge in [-0.15, -0.1) is 0 Å². The number of benzene rings is 2. The van der Waals surface area contributed by atoms with Gasteiger partial charge in [-0.3, -0.25) is 0 Å². The van der Waals surface area contributed by atoms with Crippen LogP contribution < -0.4 is 5.73 Å². The Morgan fingerprint density at radius 3 is 2.42 bits per heavy atom. The predicted octanol–water partition coefficient (Wildman–Crippen LogP) is 3.07. The average Bonchev–Trinajstić information content (AvgIpc) is 2.48. The van der Waals surface area contributed by atoms with E-state index in [1.807, 2.05) is 54.6 Å². The number of pyridine rings is 1. The second kappa shape index (κ2) is 4.71. The number of phenolic OH excluding ortho intramolecular Hbond substituents is 1. The molecule has 19 heavy (non-hydrogen) atoms. The van der Waals surface area contributed by atoms with Gasteiger partial charge < -0.3 is 10.8 Å². The summed E-state index contributed by atoms with van der Waals surface area (Å²) in [5.74, 6) is 0.179. The molecule has 1 aromatic heterocycles. The first kappa shape index (κ1) is 11.7. The van der Waals surface area contributed by atoms with E-state index in [1.165, 1.54) is 0 Å². The minimum atomic E-state index is 0.179. The number of hydrogen-bond donors (Lipinski definition) is 2. The summed E-state index contributed by atoms with van der Waals surface area (Å²) in [6.07, 6.45) is 0.